The van der Waals surface area contributed by atoms with E-state index in [0.29, 0.717) is 12.1 Å². The number of rotatable bonds is 11. The summed E-state index contributed by atoms with van der Waals surface area (Å²) >= 11 is 0. The Kier molecular flexibility index (Phi) is 9.16. The molecule has 0 fully saturated rings. The van der Waals surface area contributed by atoms with Gasteiger partial charge in [0.1, 0.15) is 5.75 Å². The maximum absolute atomic E-state index is 6.00. The standard InChI is InChI=1S/C19H33NO/c1-5-8-9-10-11-16(4)21-18-14-12-17(13-15-18)19(6-2)20-7-3/h12-16,19-20H,5-11H2,1-4H3. The normalized spacial score (nSPS) is 13.9. The summed E-state index contributed by atoms with van der Waals surface area (Å²) in [5, 5.41) is 3.51. The van der Waals surface area contributed by atoms with Crippen LogP contribution in [0, 0.1) is 0 Å². The highest BCUT2D eigenvalue weighted by molar-refractivity contribution is 5.29. The fraction of sp³-hybridized carbons (Fsp3) is 0.684. The highest BCUT2D eigenvalue weighted by Crippen LogP contribution is 2.21. The Morgan fingerprint density at radius 1 is 1.00 bits per heavy atom. The van der Waals surface area contributed by atoms with E-state index >= 15 is 0 Å². The van der Waals surface area contributed by atoms with Crippen LogP contribution < -0.4 is 10.1 Å². The molecule has 0 aliphatic rings. The number of hydrogen-bond donors (Lipinski definition) is 1. The van der Waals surface area contributed by atoms with Crippen molar-refractivity contribution in [1.29, 1.82) is 0 Å². The number of hydrogen-bond acceptors (Lipinski definition) is 2. The molecule has 0 aromatic heterocycles. The lowest BCUT2D eigenvalue weighted by Gasteiger charge is -2.18. The number of ether oxygens (including phenoxy) is 1. The summed E-state index contributed by atoms with van der Waals surface area (Å²) in [5.41, 5.74) is 1.35. The molecule has 0 aliphatic carbocycles. The van der Waals surface area contributed by atoms with Gasteiger partial charge in [0, 0.05) is 6.04 Å². The summed E-state index contributed by atoms with van der Waals surface area (Å²) in [7, 11) is 0. The molecule has 2 unspecified atom stereocenters. The van der Waals surface area contributed by atoms with E-state index in [2.05, 4.69) is 57.3 Å². The lowest BCUT2D eigenvalue weighted by molar-refractivity contribution is 0.206. The van der Waals surface area contributed by atoms with Gasteiger partial charge in [0.05, 0.1) is 6.10 Å². The van der Waals surface area contributed by atoms with Crippen molar-refractivity contribution in [3.8, 4) is 5.75 Å². The van der Waals surface area contributed by atoms with Gasteiger partial charge in [-0.3, -0.25) is 0 Å². The minimum absolute atomic E-state index is 0.309. The van der Waals surface area contributed by atoms with E-state index in [4.69, 9.17) is 4.74 Å². The van der Waals surface area contributed by atoms with Crippen LogP contribution in [-0.4, -0.2) is 12.6 Å². The Bertz CT molecular complexity index is 360. The fourth-order valence-electron chi connectivity index (χ4n) is 2.67. The van der Waals surface area contributed by atoms with E-state index in [0.717, 1.165) is 25.1 Å². The van der Waals surface area contributed by atoms with E-state index in [9.17, 15) is 0 Å². The molecule has 21 heavy (non-hydrogen) atoms. The molecular formula is C19H33NO. The second-order valence-corrected chi connectivity index (χ2v) is 5.87. The summed E-state index contributed by atoms with van der Waals surface area (Å²) in [6.07, 6.45) is 7.79. The molecular weight excluding hydrogens is 258 g/mol. The quantitative estimate of drug-likeness (QED) is 0.545. The highest BCUT2D eigenvalue weighted by atomic mass is 16.5. The van der Waals surface area contributed by atoms with Gasteiger partial charge in [-0.25, -0.2) is 0 Å². The molecule has 0 amide bonds. The highest BCUT2D eigenvalue weighted by Gasteiger charge is 2.08. The largest absolute Gasteiger partial charge is 0.491 e. The van der Waals surface area contributed by atoms with Gasteiger partial charge < -0.3 is 10.1 Å². The Morgan fingerprint density at radius 2 is 1.71 bits per heavy atom. The predicted molar refractivity (Wildman–Crippen MR) is 92.0 cm³/mol. The first-order valence-corrected chi connectivity index (χ1v) is 8.71. The van der Waals surface area contributed by atoms with Crippen molar-refractivity contribution in [2.75, 3.05) is 6.54 Å². The molecule has 0 saturated heterocycles. The molecule has 120 valence electrons. The number of nitrogens with one attached hydrogen (secondary N) is 1. The first-order valence-electron chi connectivity index (χ1n) is 8.71. The van der Waals surface area contributed by atoms with E-state index in [-0.39, 0.29) is 0 Å². The van der Waals surface area contributed by atoms with Gasteiger partial charge >= 0.3 is 0 Å². The third kappa shape index (κ3) is 6.99. The zero-order valence-corrected chi connectivity index (χ0v) is 14.3. The van der Waals surface area contributed by atoms with E-state index in [1.54, 1.807) is 0 Å². The lowest BCUT2D eigenvalue weighted by atomic mass is 10.0. The minimum atomic E-state index is 0.309. The second kappa shape index (κ2) is 10.7. The lowest BCUT2D eigenvalue weighted by Crippen LogP contribution is -2.20. The van der Waals surface area contributed by atoms with Crippen molar-refractivity contribution in [1.82, 2.24) is 5.32 Å². The van der Waals surface area contributed by atoms with Crippen molar-refractivity contribution in [3.63, 3.8) is 0 Å². The maximum Gasteiger partial charge on any atom is 0.119 e. The molecule has 2 atom stereocenters. The van der Waals surface area contributed by atoms with Crippen LogP contribution in [0.25, 0.3) is 0 Å². The van der Waals surface area contributed by atoms with Crippen LogP contribution >= 0.6 is 0 Å². The molecule has 0 saturated carbocycles. The van der Waals surface area contributed by atoms with Gasteiger partial charge in [0.15, 0.2) is 0 Å². The van der Waals surface area contributed by atoms with Crippen molar-refractivity contribution in [2.24, 2.45) is 0 Å². The zero-order valence-electron chi connectivity index (χ0n) is 14.3. The van der Waals surface area contributed by atoms with Crippen LogP contribution in [-0.2, 0) is 0 Å². The average molecular weight is 291 g/mol. The Balaban J connectivity index is 2.42. The summed E-state index contributed by atoms with van der Waals surface area (Å²) in [5.74, 6) is 0.994. The monoisotopic (exact) mass is 291 g/mol. The Hall–Kier alpha value is -1.02. The molecule has 0 radical (unpaired) electrons. The minimum Gasteiger partial charge on any atom is -0.491 e. The summed E-state index contributed by atoms with van der Waals surface area (Å²) in [6, 6.07) is 9.05. The number of benzene rings is 1. The van der Waals surface area contributed by atoms with Crippen molar-refractivity contribution < 1.29 is 4.74 Å². The molecule has 0 heterocycles. The van der Waals surface area contributed by atoms with Crippen molar-refractivity contribution in [2.45, 2.75) is 78.4 Å². The fourth-order valence-corrected chi connectivity index (χ4v) is 2.67. The topological polar surface area (TPSA) is 21.3 Å². The van der Waals surface area contributed by atoms with E-state index in [1.165, 1.54) is 31.2 Å². The molecule has 2 nitrogen and oxygen atoms in total. The third-order valence-electron chi connectivity index (χ3n) is 3.94. The second-order valence-electron chi connectivity index (χ2n) is 5.87. The predicted octanol–water partition coefficient (Wildman–Crippen LogP) is 5.48. The molecule has 0 aliphatic heterocycles. The van der Waals surface area contributed by atoms with Gasteiger partial charge in [-0.15, -0.1) is 0 Å². The zero-order chi connectivity index (χ0) is 15.5. The SMILES string of the molecule is CCCCCCC(C)Oc1ccc(C(CC)NCC)cc1. The van der Waals surface area contributed by atoms with Crippen LogP contribution in [0.4, 0.5) is 0 Å². The molecule has 1 aromatic carbocycles. The smallest absolute Gasteiger partial charge is 0.119 e. The summed E-state index contributed by atoms with van der Waals surface area (Å²) in [6.45, 7) is 9.80. The van der Waals surface area contributed by atoms with Crippen LogP contribution in [0.15, 0.2) is 24.3 Å². The molecule has 0 bridgehead atoms. The van der Waals surface area contributed by atoms with E-state index in [1.807, 2.05) is 0 Å². The van der Waals surface area contributed by atoms with Gasteiger partial charge in [-0.2, -0.15) is 0 Å². The maximum atomic E-state index is 6.00. The van der Waals surface area contributed by atoms with Crippen LogP contribution in [0.2, 0.25) is 0 Å². The first-order chi connectivity index (χ1) is 10.2. The van der Waals surface area contributed by atoms with Crippen LogP contribution in [0.1, 0.15) is 77.8 Å². The average Bonchev–Trinajstić information content (AvgIpc) is 2.50. The Morgan fingerprint density at radius 3 is 2.29 bits per heavy atom. The van der Waals surface area contributed by atoms with Crippen LogP contribution in [0.5, 0.6) is 5.75 Å². The number of unbranched alkanes of at least 4 members (excludes halogenated alkanes) is 3. The van der Waals surface area contributed by atoms with Gasteiger partial charge in [0.2, 0.25) is 0 Å². The summed E-state index contributed by atoms with van der Waals surface area (Å²) in [4.78, 5) is 0. The van der Waals surface area contributed by atoms with E-state index < -0.39 is 0 Å². The van der Waals surface area contributed by atoms with Gasteiger partial charge in [-0.1, -0.05) is 52.2 Å². The molecule has 1 rings (SSSR count). The molecule has 0 spiro atoms. The van der Waals surface area contributed by atoms with Crippen molar-refractivity contribution in [3.05, 3.63) is 29.8 Å². The van der Waals surface area contributed by atoms with Gasteiger partial charge in [-0.05, 0) is 50.4 Å². The first kappa shape index (κ1) is 18.0. The molecule has 2 heteroatoms. The van der Waals surface area contributed by atoms with Gasteiger partial charge in [0.25, 0.3) is 0 Å². The van der Waals surface area contributed by atoms with Crippen molar-refractivity contribution >= 4 is 0 Å². The molecule has 1 N–H and O–H groups in total. The molecule has 1 aromatic rings. The van der Waals surface area contributed by atoms with Crippen LogP contribution in [0.3, 0.4) is 0 Å². The summed E-state index contributed by atoms with van der Waals surface area (Å²) < 4.78 is 6.00. The Labute approximate surface area is 131 Å². The third-order valence-corrected chi connectivity index (χ3v) is 3.94.